The third-order valence-electron chi connectivity index (χ3n) is 5.34. The van der Waals surface area contributed by atoms with Crippen LogP contribution in [0.2, 0.25) is 0 Å². The van der Waals surface area contributed by atoms with Gasteiger partial charge in [-0.25, -0.2) is 8.42 Å². The van der Waals surface area contributed by atoms with E-state index in [0.29, 0.717) is 12.8 Å². The molecule has 0 N–H and O–H groups in total. The van der Waals surface area contributed by atoms with Crippen molar-refractivity contribution < 1.29 is 21.6 Å². The van der Waals surface area contributed by atoms with Crippen molar-refractivity contribution in [3.8, 4) is 0 Å². The number of benzene rings is 2. The maximum Gasteiger partial charge on any atom is 0.418 e. The van der Waals surface area contributed by atoms with Crippen molar-refractivity contribution >= 4 is 20.8 Å². The van der Waals surface area contributed by atoms with E-state index in [0.717, 1.165) is 16.8 Å². The van der Waals surface area contributed by atoms with Gasteiger partial charge in [0, 0.05) is 25.2 Å². The first-order valence-electron chi connectivity index (χ1n) is 9.28. The summed E-state index contributed by atoms with van der Waals surface area (Å²) in [6.07, 6.45) is -2.53. The van der Waals surface area contributed by atoms with Gasteiger partial charge < -0.3 is 0 Å². The lowest BCUT2D eigenvalue weighted by molar-refractivity contribution is -0.138. The molecule has 4 rings (SSSR count). The quantitative estimate of drug-likeness (QED) is 0.610. The van der Waals surface area contributed by atoms with Crippen LogP contribution < -0.4 is 0 Å². The van der Waals surface area contributed by atoms with Gasteiger partial charge in [-0.15, -0.1) is 0 Å². The smallest absolute Gasteiger partial charge is 0.260 e. The van der Waals surface area contributed by atoms with Gasteiger partial charge in [0.2, 0.25) is 10.0 Å². The average Bonchev–Trinajstić information content (AvgIpc) is 2.73. The Labute approximate surface area is 167 Å². The van der Waals surface area contributed by atoms with Gasteiger partial charge >= 0.3 is 6.18 Å². The van der Waals surface area contributed by atoms with E-state index in [1.165, 1.54) is 16.6 Å². The molecule has 8 heteroatoms. The van der Waals surface area contributed by atoms with Crippen LogP contribution in [0.1, 0.15) is 30.0 Å². The Morgan fingerprint density at radius 1 is 0.931 bits per heavy atom. The third kappa shape index (κ3) is 3.86. The average molecular weight is 420 g/mol. The van der Waals surface area contributed by atoms with Gasteiger partial charge in [-0.1, -0.05) is 30.3 Å². The van der Waals surface area contributed by atoms with Gasteiger partial charge in [0.25, 0.3) is 0 Å². The minimum atomic E-state index is -4.47. The van der Waals surface area contributed by atoms with E-state index in [-0.39, 0.29) is 23.7 Å². The van der Waals surface area contributed by atoms with E-state index < -0.39 is 27.7 Å². The van der Waals surface area contributed by atoms with E-state index in [1.54, 1.807) is 18.2 Å². The summed E-state index contributed by atoms with van der Waals surface area (Å²) in [6.45, 7) is 0.321. The van der Waals surface area contributed by atoms with Crippen molar-refractivity contribution in [2.45, 2.75) is 29.8 Å². The predicted molar refractivity (Wildman–Crippen MR) is 104 cm³/mol. The lowest BCUT2D eigenvalue weighted by Gasteiger charge is -2.32. The summed E-state index contributed by atoms with van der Waals surface area (Å²) in [5.41, 5.74) is -0.737. The van der Waals surface area contributed by atoms with Crippen LogP contribution in [0.5, 0.6) is 0 Å². The van der Waals surface area contributed by atoms with Gasteiger partial charge in [-0.05, 0) is 47.9 Å². The van der Waals surface area contributed by atoms with Crippen molar-refractivity contribution in [3.05, 3.63) is 72.1 Å². The Hall–Kier alpha value is -2.45. The number of rotatable bonds is 3. The van der Waals surface area contributed by atoms with E-state index in [4.69, 9.17) is 0 Å². The fourth-order valence-electron chi connectivity index (χ4n) is 3.83. The summed E-state index contributed by atoms with van der Waals surface area (Å²) in [5.74, 6) is -0.420. The molecule has 0 amide bonds. The van der Waals surface area contributed by atoms with Crippen LogP contribution in [-0.2, 0) is 16.2 Å². The van der Waals surface area contributed by atoms with Crippen LogP contribution in [-0.4, -0.2) is 30.8 Å². The Morgan fingerprint density at radius 3 is 2.31 bits per heavy atom. The van der Waals surface area contributed by atoms with Crippen LogP contribution in [0.3, 0.4) is 0 Å². The predicted octanol–water partition coefficient (Wildman–Crippen LogP) is 4.82. The molecule has 0 bridgehead atoms. The van der Waals surface area contributed by atoms with Crippen molar-refractivity contribution in [2.75, 3.05) is 13.1 Å². The molecule has 0 unspecified atom stereocenters. The lowest BCUT2D eigenvalue weighted by atomic mass is 9.91. The zero-order valence-corrected chi connectivity index (χ0v) is 16.2. The molecule has 1 saturated heterocycles. The van der Waals surface area contributed by atoms with Crippen LogP contribution in [0.15, 0.2) is 65.7 Å². The fraction of sp³-hybridized carbons (Fsp3) is 0.286. The van der Waals surface area contributed by atoms with Crippen LogP contribution in [0.25, 0.3) is 10.8 Å². The van der Waals surface area contributed by atoms with Crippen molar-refractivity contribution in [1.82, 2.24) is 9.29 Å². The Morgan fingerprint density at radius 2 is 1.62 bits per heavy atom. The number of pyridine rings is 1. The molecule has 1 aromatic heterocycles. The Kier molecular flexibility index (Phi) is 5.08. The highest BCUT2D eigenvalue weighted by Gasteiger charge is 2.38. The minimum absolute atomic E-state index is 0.00255. The highest BCUT2D eigenvalue weighted by Crippen LogP contribution is 2.38. The van der Waals surface area contributed by atoms with Gasteiger partial charge in [0.1, 0.15) is 0 Å². The van der Waals surface area contributed by atoms with E-state index >= 15 is 0 Å². The zero-order valence-electron chi connectivity index (χ0n) is 15.4. The molecule has 2 aromatic carbocycles. The highest BCUT2D eigenvalue weighted by atomic mass is 32.2. The number of fused-ring (bicyclic) bond motifs is 1. The van der Waals surface area contributed by atoms with Crippen molar-refractivity contribution in [1.29, 1.82) is 0 Å². The second kappa shape index (κ2) is 7.42. The van der Waals surface area contributed by atoms with E-state index in [9.17, 15) is 21.6 Å². The molecule has 1 aliphatic rings. The summed E-state index contributed by atoms with van der Waals surface area (Å²) >= 11 is 0. The molecule has 0 spiro atoms. The number of piperidine rings is 1. The third-order valence-corrected chi connectivity index (χ3v) is 7.24. The van der Waals surface area contributed by atoms with Crippen LogP contribution >= 0.6 is 0 Å². The molecular weight excluding hydrogens is 401 g/mol. The molecular formula is C21H19F3N2O2S. The Balaban J connectivity index is 1.55. The van der Waals surface area contributed by atoms with E-state index in [1.807, 2.05) is 24.3 Å². The van der Waals surface area contributed by atoms with Crippen LogP contribution in [0.4, 0.5) is 13.2 Å². The maximum atomic E-state index is 13.3. The van der Waals surface area contributed by atoms with Crippen molar-refractivity contribution in [3.63, 3.8) is 0 Å². The fourth-order valence-corrected chi connectivity index (χ4v) is 5.33. The van der Waals surface area contributed by atoms with Crippen LogP contribution in [0, 0.1) is 0 Å². The first-order valence-corrected chi connectivity index (χ1v) is 10.7. The largest absolute Gasteiger partial charge is 0.418 e. The summed E-state index contributed by atoms with van der Waals surface area (Å²) in [5, 5.41) is 1.77. The molecule has 29 heavy (non-hydrogen) atoms. The summed E-state index contributed by atoms with van der Waals surface area (Å²) in [7, 11) is -3.71. The molecule has 2 heterocycles. The monoisotopic (exact) mass is 420 g/mol. The first kappa shape index (κ1) is 19.8. The summed E-state index contributed by atoms with van der Waals surface area (Å²) < 4.78 is 67.2. The van der Waals surface area contributed by atoms with E-state index in [2.05, 4.69) is 4.98 Å². The lowest BCUT2D eigenvalue weighted by Crippen LogP contribution is -2.38. The second-order valence-corrected chi connectivity index (χ2v) is 9.06. The Bertz CT molecular complexity index is 1140. The number of hydrogen-bond acceptors (Lipinski definition) is 3. The second-order valence-electron chi connectivity index (χ2n) is 7.12. The molecule has 1 aliphatic heterocycles. The minimum Gasteiger partial charge on any atom is -0.260 e. The highest BCUT2D eigenvalue weighted by molar-refractivity contribution is 7.89. The maximum absolute atomic E-state index is 13.3. The number of hydrogen-bond donors (Lipinski definition) is 0. The van der Waals surface area contributed by atoms with Gasteiger partial charge in [-0.2, -0.15) is 17.5 Å². The topological polar surface area (TPSA) is 50.3 Å². The molecule has 3 aromatic rings. The number of aromatic nitrogens is 1. The zero-order chi connectivity index (χ0) is 20.6. The number of nitrogens with zero attached hydrogens (tertiary/aromatic N) is 2. The summed E-state index contributed by atoms with van der Waals surface area (Å²) in [4.78, 5) is 4.16. The molecule has 0 radical (unpaired) electrons. The molecule has 4 nitrogen and oxygen atoms in total. The molecule has 0 saturated carbocycles. The number of alkyl halides is 3. The standard InChI is InChI=1S/C21H19F3N2O2S/c22-21(23,24)19-6-3-11-25-20(19)16-9-12-26(13-10-16)29(27,28)18-8-7-15-4-1-2-5-17(15)14-18/h1-8,11,14,16H,9-10,12-13H2. The summed E-state index contributed by atoms with van der Waals surface area (Å²) in [6, 6.07) is 14.7. The molecule has 152 valence electrons. The molecule has 0 atom stereocenters. The van der Waals surface area contributed by atoms with Crippen molar-refractivity contribution in [2.24, 2.45) is 0 Å². The first-order chi connectivity index (χ1) is 13.8. The van der Waals surface area contributed by atoms with Gasteiger partial charge in [-0.3, -0.25) is 4.98 Å². The molecule has 1 fully saturated rings. The number of halogens is 3. The SMILES string of the molecule is O=S(=O)(c1ccc2ccccc2c1)N1CCC(c2ncccc2C(F)(F)F)CC1. The number of sulfonamides is 1. The molecule has 0 aliphatic carbocycles. The van der Waals surface area contributed by atoms with Gasteiger partial charge in [0.15, 0.2) is 0 Å². The van der Waals surface area contributed by atoms with Gasteiger partial charge in [0.05, 0.1) is 16.2 Å². The normalized spacial score (nSPS) is 16.9.